The van der Waals surface area contributed by atoms with Crippen molar-refractivity contribution in [2.24, 2.45) is 0 Å². The molecule has 0 unspecified atom stereocenters. The first kappa shape index (κ1) is 21.2. The summed E-state index contributed by atoms with van der Waals surface area (Å²) >= 11 is 3.31. The van der Waals surface area contributed by atoms with Gasteiger partial charge < -0.3 is 10.2 Å². The van der Waals surface area contributed by atoms with E-state index in [2.05, 4.69) is 21.2 Å². The number of anilines is 1. The predicted octanol–water partition coefficient (Wildman–Crippen LogP) is 3.70. The van der Waals surface area contributed by atoms with Gasteiger partial charge in [-0.2, -0.15) is 0 Å². The number of carbonyl (C=O) groups excluding carboxylic acids is 4. The lowest BCUT2D eigenvalue weighted by Gasteiger charge is -2.18. The Morgan fingerprint density at radius 2 is 1.68 bits per heavy atom. The Balaban J connectivity index is 1.34. The lowest BCUT2D eigenvalue weighted by Crippen LogP contribution is -2.31. The lowest BCUT2D eigenvalue weighted by molar-refractivity contribution is -0.116. The van der Waals surface area contributed by atoms with Gasteiger partial charge >= 0.3 is 0 Å². The van der Waals surface area contributed by atoms with Crippen LogP contribution in [0.5, 0.6) is 0 Å². The molecule has 2 aliphatic heterocycles. The number of hydrogen-bond donors (Lipinski definition) is 1. The molecule has 31 heavy (non-hydrogen) atoms. The van der Waals surface area contributed by atoms with Gasteiger partial charge in [-0.3, -0.25) is 24.1 Å². The molecule has 2 aromatic rings. The first-order chi connectivity index (χ1) is 15.0. The van der Waals surface area contributed by atoms with Crippen molar-refractivity contribution in [3.8, 4) is 0 Å². The van der Waals surface area contributed by atoms with E-state index in [1.807, 2.05) is 0 Å². The van der Waals surface area contributed by atoms with Gasteiger partial charge in [-0.25, -0.2) is 0 Å². The highest BCUT2D eigenvalue weighted by atomic mass is 79.9. The molecular formula is C23H22BrN3O4. The van der Waals surface area contributed by atoms with Crippen molar-refractivity contribution in [2.45, 2.75) is 25.7 Å². The number of likely N-dealkylation sites (tertiary alicyclic amines) is 1. The molecule has 4 rings (SSSR count). The molecule has 1 fully saturated rings. The zero-order chi connectivity index (χ0) is 22.0. The second-order valence-electron chi connectivity index (χ2n) is 7.65. The number of carbonyl (C=O) groups is 4. The van der Waals surface area contributed by atoms with Crippen molar-refractivity contribution < 1.29 is 19.2 Å². The van der Waals surface area contributed by atoms with Gasteiger partial charge in [-0.1, -0.05) is 28.1 Å². The van der Waals surface area contributed by atoms with Crippen molar-refractivity contribution in [1.29, 1.82) is 0 Å². The molecule has 0 bridgehead atoms. The molecule has 2 aliphatic rings. The molecule has 2 aromatic carbocycles. The highest BCUT2D eigenvalue weighted by Crippen LogP contribution is 2.26. The van der Waals surface area contributed by atoms with Crippen LogP contribution in [0.3, 0.4) is 0 Å². The van der Waals surface area contributed by atoms with Gasteiger partial charge in [0.05, 0.1) is 22.4 Å². The summed E-state index contributed by atoms with van der Waals surface area (Å²) in [5.74, 6) is -1.02. The fraction of sp³-hybridized carbons (Fsp3) is 0.304. The van der Waals surface area contributed by atoms with Crippen LogP contribution >= 0.6 is 15.9 Å². The quantitative estimate of drug-likeness (QED) is 0.634. The summed E-state index contributed by atoms with van der Waals surface area (Å²) in [7, 11) is 0. The molecule has 4 amide bonds. The number of hydrogen-bond acceptors (Lipinski definition) is 4. The second-order valence-corrected chi connectivity index (χ2v) is 8.56. The summed E-state index contributed by atoms with van der Waals surface area (Å²) in [6.45, 7) is 1.63. The van der Waals surface area contributed by atoms with Gasteiger partial charge in [0.25, 0.3) is 17.7 Å². The molecule has 1 saturated heterocycles. The molecular weight excluding hydrogens is 462 g/mol. The van der Waals surface area contributed by atoms with E-state index in [9.17, 15) is 19.2 Å². The molecule has 0 radical (unpaired) electrons. The van der Waals surface area contributed by atoms with E-state index < -0.39 is 0 Å². The highest BCUT2D eigenvalue weighted by molar-refractivity contribution is 9.10. The molecule has 2 heterocycles. The number of imide groups is 1. The Morgan fingerprint density at radius 1 is 0.968 bits per heavy atom. The standard InChI is InChI=1S/C23H22BrN3O4/c24-15-9-10-16-18(14-15)23(31)27(22(16)30)13-5-8-20(28)25-19-7-2-1-6-17(19)21(29)26-11-3-4-12-26/h1-2,6-7,9-10,14H,3-5,8,11-13H2,(H,25,28). The topological polar surface area (TPSA) is 86.8 Å². The molecule has 0 aromatic heterocycles. The fourth-order valence-electron chi connectivity index (χ4n) is 3.95. The van der Waals surface area contributed by atoms with Crippen LogP contribution in [-0.2, 0) is 4.79 Å². The van der Waals surface area contributed by atoms with Crippen molar-refractivity contribution in [2.75, 3.05) is 25.0 Å². The summed E-state index contributed by atoms with van der Waals surface area (Å²) in [6, 6.07) is 12.0. The molecule has 8 heteroatoms. The Morgan fingerprint density at radius 3 is 2.45 bits per heavy atom. The van der Waals surface area contributed by atoms with E-state index in [1.165, 1.54) is 4.90 Å². The van der Waals surface area contributed by atoms with Crippen LogP contribution in [0.15, 0.2) is 46.9 Å². The molecule has 7 nitrogen and oxygen atoms in total. The van der Waals surface area contributed by atoms with Crippen LogP contribution in [0.1, 0.15) is 56.8 Å². The summed E-state index contributed by atoms with van der Waals surface area (Å²) < 4.78 is 0.732. The van der Waals surface area contributed by atoms with Crippen LogP contribution in [0.2, 0.25) is 0 Å². The van der Waals surface area contributed by atoms with Crippen molar-refractivity contribution in [3.05, 3.63) is 63.6 Å². The average Bonchev–Trinajstić information content (AvgIpc) is 3.37. The third kappa shape index (κ3) is 4.39. The zero-order valence-electron chi connectivity index (χ0n) is 16.9. The average molecular weight is 484 g/mol. The Kier molecular flexibility index (Phi) is 6.18. The normalized spacial score (nSPS) is 15.4. The van der Waals surface area contributed by atoms with E-state index in [0.717, 1.165) is 30.4 Å². The van der Waals surface area contributed by atoms with E-state index >= 15 is 0 Å². The van der Waals surface area contributed by atoms with E-state index in [-0.39, 0.29) is 36.6 Å². The number of amides is 4. The summed E-state index contributed by atoms with van der Waals surface area (Å²) in [5.41, 5.74) is 1.71. The molecule has 0 spiro atoms. The van der Waals surface area contributed by atoms with Crippen molar-refractivity contribution >= 4 is 45.2 Å². The van der Waals surface area contributed by atoms with Crippen LogP contribution in [0.4, 0.5) is 5.69 Å². The Hall–Kier alpha value is -3.00. The monoisotopic (exact) mass is 483 g/mol. The van der Waals surface area contributed by atoms with Gasteiger partial charge in [0.2, 0.25) is 5.91 Å². The number of rotatable bonds is 6. The number of nitrogens with zero attached hydrogens (tertiary/aromatic N) is 2. The molecule has 0 saturated carbocycles. The van der Waals surface area contributed by atoms with E-state index in [4.69, 9.17) is 0 Å². The summed E-state index contributed by atoms with van der Waals surface area (Å²) in [4.78, 5) is 53.2. The SMILES string of the molecule is O=C(CCCN1C(=O)c2ccc(Br)cc2C1=O)Nc1ccccc1C(=O)N1CCCC1. The molecule has 160 valence electrons. The van der Waals surface area contributed by atoms with Gasteiger partial charge in [-0.05, 0) is 49.6 Å². The maximum Gasteiger partial charge on any atom is 0.261 e. The van der Waals surface area contributed by atoms with Gasteiger partial charge in [0.15, 0.2) is 0 Å². The van der Waals surface area contributed by atoms with Crippen LogP contribution in [-0.4, -0.2) is 53.1 Å². The Labute approximate surface area is 188 Å². The molecule has 0 aliphatic carbocycles. The zero-order valence-corrected chi connectivity index (χ0v) is 18.5. The fourth-order valence-corrected chi connectivity index (χ4v) is 4.31. The molecule has 1 N–H and O–H groups in total. The van der Waals surface area contributed by atoms with E-state index in [0.29, 0.717) is 28.8 Å². The smallest absolute Gasteiger partial charge is 0.261 e. The minimum absolute atomic E-state index is 0.0782. The summed E-state index contributed by atoms with van der Waals surface area (Å²) in [5, 5.41) is 2.81. The second kappa shape index (κ2) is 9.01. The number of benzene rings is 2. The first-order valence-electron chi connectivity index (χ1n) is 10.3. The van der Waals surface area contributed by atoms with Crippen LogP contribution in [0.25, 0.3) is 0 Å². The lowest BCUT2D eigenvalue weighted by atomic mass is 10.1. The first-order valence-corrected chi connectivity index (χ1v) is 11.1. The number of fused-ring (bicyclic) bond motifs is 1. The third-order valence-corrected chi connectivity index (χ3v) is 6.04. The number of para-hydroxylation sites is 1. The molecule has 0 atom stereocenters. The minimum atomic E-state index is -0.344. The van der Waals surface area contributed by atoms with Crippen molar-refractivity contribution in [3.63, 3.8) is 0 Å². The van der Waals surface area contributed by atoms with E-state index in [1.54, 1.807) is 47.4 Å². The number of halogens is 1. The third-order valence-electron chi connectivity index (χ3n) is 5.54. The van der Waals surface area contributed by atoms with Gasteiger partial charge in [0.1, 0.15) is 0 Å². The maximum atomic E-state index is 12.7. The highest BCUT2D eigenvalue weighted by Gasteiger charge is 2.35. The largest absolute Gasteiger partial charge is 0.339 e. The summed E-state index contributed by atoms with van der Waals surface area (Å²) in [6.07, 6.45) is 2.45. The van der Waals surface area contributed by atoms with Crippen LogP contribution < -0.4 is 5.32 Å². The minimum Gasteiger partial charge on any atom is -0.339 e. The van der Waals surface area contributed by atoms with Crippen LogP contribution in [0, 0.1) is 0 Å². The number of nitrogens with one attached hydrogen (secondary N) is 1. The maximum absolute atomic E-state index is 12.7. The Bertz CT molecular complexity index is 1060. The van der Waals surface area contributed by atoms with Crippen molar-refractivity contribution in [1.82, 2.24) is 9.80 Å². The predicted molar refractivity (Wildman–Crippen MR) is 119 cm³/mol. The van der Waals surface area contributed by atoms with Gasteiger partial charge in [0, 0.05) is 30.5 Å². The van der Waals surface area contributed by atoms with Gasteiger partial charge in [-0.15, -0.1) is 0 Å².